The SMILES string of the molecule is CC(C)=CCN1CC(C(C)C)C1. The summed E-state index contributed by atoms with van der Waals surface area (Å²) < 4.78 is 0. The highest BCUT2D eigenvalue weighted by atomic mass is 15.2. The molecular formula is C11H21N. The molecule has 0 saturated carbocycles. The molecule has 0 amide bonds. The molecule has 1 heterocycles. The molecule has 0 atom stereocenters. The molecule has 0 aliphatic carbocycles. The van der Waals surface area contributed by atoms with E-state index in [-0.39, 0.29) is 0 Å². The van der Waals surface area contributed by atoms with Crippen LogP contribution in [-0.4, -0.2) is 24.5 Å². The first-order valence-corrected chi connectivity index (χ1v) is 4.95. The predicted molar refractivity (Wildman–Crippen MR) is 54.2 cm³/mol. The highest BCUT2D eigenvalue weighted by molar-refractivity contribution is 4.97. The van der Waals surface area contributed by atoms with E-state index in [0.29, 0.717) is 0 Å². The highest BCUT2D eigenvalue weighted by Gasteiger charge is 2.27. The molecule has 70 valence electrons. The fourth-order valence-electron chi connectivity index (χ4n) is 1.49. The van der Waals surface area contributed by atoms with Gasteiger partial charge in [-0.05, 0) is 25.7 Å². The number of hydrogen-bond donors (Lipinski definition) is 0. The summed E-state index contributed by atoms with van der Waals surface area (Å²) in [6.07, 6.45) is 2.32. The lowest BCUT2D eigenvalue weighted by atomic mass is 9.88. The van der Waals surface area contributed by atoms with Crippen molar-refractivity contribution < 1.29 is 0 Å². The van der Waals surface area contributed by atoms with E-state index in [1.165, 1.54) is 18.7 Å². The van der Waals surface area contributed by atoms with Crippen molar-refractivity contribution in [2.75, 3.05) is 19.6 Å². The summed E-state index contributed by atoms with van der Waals surface area (Å²) in [5, 5.41) is 0. The molecule has 0 spiro atoms. The molecule has 1 heteroatoms. The maximum absolute atomic E-state index is 2.51. The Bertz CT molecular complexity index is 160. The van der Waals surface area contributed by atoms with Gasteiger partial charge in [0.25, 0.3) is 0 Å². The van der Waals surface area contributed by atoms with Crippen LogP contribution >= 0.6 is 0 Å². The first kappa shape index (κ1) is 9.79. The first-order valence-electron chi connectivity index (χ1n) is 4.95. The van der Waals surface area contributed by atoms with Gasteiger partial charge in [-0.15, -0.1) is 0 Å². The summed E-state index contributed by atoms with van der Waals surface area (Å²) in [6.45, 7) is 12.7. The highest BCUT2D eigenvalue weighted by Crippen LogP contribution is 2.22. The van der Waals surface area contributed by atoms with Gasteiger partial charge in [-0.1, -0.05) is 25.5 Å². The summed E-state index contributed by atoms with van der Waals surface area (Å²) in [5.74, 6) is 1.82. The van der Waals surface area contributed by atoms with E-state index in [2.05, 4.69) is 38.7 Å². The van der Waals surface area contributed by atoms with Crippen molar-refractivity contribution in [2.24, 2.45) is 11.8 Å². The topological polar surface area (TPSA) is 3.24 Å². The van der Waals surface area contributed by atoms with Crippen LogP contribution in [0.3, 0.4) is 0 Å². The summed E-state index contributed by atoms with van der Waals surface area (Å²) in [4.78, 5) is 2.51. The lowest BCUT2D eigenvalue weighted by Gasteiger charge is -2.41. The van der Waals surface area contributed by atoms with Crippen LogP contribution in [0.2, 0.25) is 0 Å². The van der Waals surface area contributed by atoms with E-state index in [9.17, 15) is 0 Å². The molecule has 12 heavy (non-hydrogen) atoms. The van der Waals surface area contributed by atoms with E-state index in [4.69, 9.17) is 0 Å². The van der Waals surface area contributed by atoms with Gasteiger partial charge in [0.05, 0.1) is 0 Å². The van der Waals surface area contributed by atoms with E-state index >= 15 is 0 Å². The zero-order valence-electron chi connectivity index (χ0n) is 8.80. The van der Waals surface area contributed by atoms with E-state index in [1.807, 2.05) is 0 Å². The van der Waals surface area contributed by atoms with Crippen molar-refractivity contribution in [3.05, 3.63) is 11.6 Å². The van der Waals surface area contributed by atoms with Crippen LogP contribution in [0.1, 0.15) is 27.7 Å². The van der Waals surface area contributed by atoms with Gasteiger partial charge in [-0.25, -0.2) is 0 Å². The van der Waals surface area contributed by atoms with Gasteiger partial charge in [0.15, 0.2) is 0 Å². The van der Waals surface area contributed by atoms with Crippen LogP contribution in [0.25, 0.3) is 0 Å². The van der Waals surface area contributed by atoms with Gasteiger partial charge in [0, 0.05) is 19.6 Å². The zero-order chi connectivity index (χ0) is 9.14. The third-order valence-electron chi connectivity index (χ3n) is 2.69. The smallest absolute Gasteiger partial charge is 0.0165 e. The normalized spacial score (nSPS) is 19.4. The van der Waals surface area contributed by atoms with Crippen molar-refractivity contribution in [3.8, 4) is 0 Å². The monoisotopic (exact) mass is 167 g/mol. The molecule has 1 rings (SSSR count). The molecule has 0 unspecified atom stereocenters. The second-order valence-corrected chi connectivity index (χ2v) is 4.50. The third kappa shape index (κ3) is 2.63. The van der Waals surface area contributed by atoms with Gasteiger partial charge in [-0.3, -0.25) is 4.90 Å². The molecule has 1 aliphatic heterocycles. The Balaban J connectivity index is 2.14. The molecular weight excluding hydrogens is 146 g/mol. The Morgan fingerprint density at radius 3 is 2.42 bits per heavy atom. The Morgan fingerprint density at radius 2 is 2.00 bits per heavy atom. The minimum Gasteiger partial charge on any atom is -0.299 e. The maximum atomic E-state index is 2.51. The Hall–Kier alpha value is -0.300. The minimum atomic E-state index is 0.868. The van der Waals surface area contributed by atoms with E-state index in [0.717, 1.165) is 18.4 Å². The number of hydrogen-bond acceptors (Lipinski definition) is 1. The fraction of sp³-hybridized carbons (Fsp3) is 0.818. The Morgan fingerprint density at radius 1 is 1.42 bits per heavy atom. The van der Waals surface area contributed by atoms with Gasteiger partial charge >= 0.3 is 0 Å². The number of rotatable bonds is 3. The van der Waals surface area contributed by atoms with E-state index < -0.39 is 0 Å². The quantitative estimate of drug-likeness (QED) is 0.584. The first-order chi connectivity index (χ1) is 5.59. The zero-order valence-corrected chi connectivity index (χ0v) is 8.80. The number of allylic oxidation sites excluding steroid dienone is 1. The Labute approximate surface area is 76.5 Å². The van der Waals surface area contributed by atoms with Gasteiger partial charge < -0.3 is 0 Å². The molecule has 0 aromatic heterocycles. The average molecular weight is 167 g/mol. The molecule has 1 fully saturated rings. The molecule has 1 nitrogen and oxygen atoms in total. The third-order valence-corrected chi connectivity index (χ3v) is 2.69. The lowest BCUT2D eigenvalue weighted by Crippen LogP contribution is -2.48. The minimum absolute atomic E-state index is 0.868. The molecule has 0 aromatic carbocycles. The lowest BCUT2D eigenvalue weighted by molar-refractivity contribution is 0.0808. The van der Waals surface area contributed by atoms with Gasteiger partial charge in [-0.2, -0.15) is 0 Å². The summed E-state index contributed by atoms with van der Waals surface area (Å²) in [6, 6.07) is 0. The van der Waals surface area contributed by atoms with Crippen LogP contribution < -0.4 is 0 Å². The van der Waals surface area contributed by atoms with Crippen LogP contribution in [0.5, 0.6) is 0 Å². The molecule has 0 aromatic rings. The second-order valence-electron chi connectivity index (χ2n) is 4.50. The van der Waals surface area contributed by atoms with Gasteiger partial charge in [0.2, 0.25) is 0 Å². The standard InChI is InChI=1S/C11H21N/c1-9(2)5-6-12-7-11(8-12)10(3)4/h5,10-11H,6-8H2,1-4H3. The summed E-state index contributed by atoms with van der Waals surface area (Å²) >= 11 is 0. The molecule has 0 bridgehead atoms. The van der Waals surface area contributed by atoms with Crippen LogP contribution in [0.4, 0.5) is 0 Å². The second kappa shape index (κ2) is 4.08. The van der Waals surface area contributed by atoms with E-state index in [1.54, 1.807) is 0 Å². The number of nitrogens with zero attached hydrogens (tertiary/aromatic N) is 1. The molecule has 0 N–H and O–H groups in total. The molecule has 1 saturated heterocycles. The fourth-order valence-corrected chi connectivity index (χ4v) is 1.49. The molecule has 0 radical (unpaired) electrons. The van der Waals surface area contributed by atoms with Crippen molar-refractivity contribution in [1.82, 2.24) is 4.90 Å². The van der Waals surface area contributed by atoms with Crippen molar-refractivity contribution in [2.45, 2.75) is 27.7 Å². The van der Waals surface area contributed by atoms with Crippen molar-refractivity contribution in [1.29, 1.82) is 0 Å². The van der Waals surface area contributed by atoms with Crippen LogP contribution in [-0.2, 0) is 0 Å². The predicted octanol–water partition coefficient (Wildman–Crippen LogP) is 2.54. The Kier molecular flexibility index (Phi) is 3.33. The molecule has 1 aliphatic rings. The van der Waals surface area contributed by atoms with Crippen molar-refractivity contribution in [3.63, 3.8) is 0 Å². The largest absolute Gasteiger partial charge is 0.299 e. The number of likely N-dealkylation sites (tertiary alicyclic amines) is 1. The summed E-state index contributed by atoms with van der Waals surface area (Å²) in [5.41, 5.74) is 1.43. The summed E-state index contributed by atoms with van der Waals surface area (Å²) in [7, 11) is 0. The van der Waals surface area contributed by atoms with Crippen LogP contribution in [0, 0.1) is 11.8 Å². The van der Waals surface area contributed by atoms with Crippen molar-refractivity contribution >= 4 is 0 Å². The van der Waals surface area contributed by atoms with Crippen LogP contribution in [0.15, 0.2) is 11.6 Å². The average Bonchev–Trinajstić information content (AvgIpc) is 1.82. The van der Waals surface area contributed by atoms with Gasteiger partial charge in [0.1, 0.15) is 0 Å². The maximum Gasteiger partial charge on any atom is 0.0165 e.